The summed E-state index contributed by atoms with van der Waals surface area (Å²) in [5, 5.41) is 8.90. The minimum Gasteiger partial charge on any atom is -0.459 e. The number of hydrogen-bond donors (Lipinski definition) is 0. The molecule has 8 heteroatoms. The van der Waals surface area contributed by atoms with Gasteiger partial charge in [-0.05, 0) is 44.5 Å². The summed E-state index contributed by atoms with van der Waals surface area (Å²) in [7, 11) is 0. The Morgan fingerprint density at radius 2 is 1.62 bits per heavy atom. The van der Waals surface area contributed by atoms with Crippen molar-refractivity contribution in [3.05, 3.63) is 64.9 Å². The van der Waals surface area contributed by atoms with Crippen molar-refractivity contribution in [2.24, 2.45) is 0 Å². The van der Waals surface area contributed by atoms with Crippen molar-refractivity contribution in [1.82, 2.24) is 24.8 Å². The van der Waals surface area contributed by atoms with Crippen LogP contribution in [0.4, 0.5) is 0 Å². The Kier molecular flexibility index (Phi) is 4.92. The van der Waals surface area contributed by atoms with Crippen LogP contribution in [0.25, 0.3) is 5.69 Å². The Morgan fingerprint density at radius 3 is 2.24 bits per heavy atom. The first-order valence-corrected chi connectivity index (χ1v) is 9.57. The van der Waals surface area contributed by atoms with Crippen LogP contribution >= 0.6 is 0 Å². The van der Waals surface area contributed by atoms with Gasteiger partial charge < -0.3 is 14.2 Å². The number of carbonyl (C=O) groups is 2. The quantitative estimate of drug-likeness (QED) is 0.682. The fourth-order valence-corrected chi connectivity index (χ4v) is 3.53. The van der Waals surface area contributed by atoms with Crippen LogP contribution in [0.1, 0.15) is 37.9 Å². The van der Waals surface area contributed by atoms with Gasteiger partial charge in [0.2, 0.25) is 0 Å². The number of rotatable bonds is 3. The molecule has 3 heterocycles. The first kappa shape index (κ1) is 18.9. The molecular weight excluding hydrogens is 370 g/mol. The van der Waals surface area contributed by atoms with Gasteiger partial charge in [-0.1, -0.05) is 17.7 Å². The van der Waals surface area contributed by atoms with E-state index in [0.29, 0.717) is 43.3 Å². The van der Waals surface area contributed by atoms with E-state index >= 15 is 0 Å². The molecule has 0 N–H and O–H groups in total. The molecule has 2 aromatic heterocycles. The SMILES string of the molecule is Cc1ccc(-n2nc(C)c(C(=O)N3CCN(C(=O)c4ccco4)CC3)n2)c(C)c1. The highest BCUT2D eigenvalue weighted by atomic mass is 16.3. The lowest BCUT2D eigenvalue weighted by atomic mass is 10.1. The Morgan fingerprint density at radius 1 is 0.931 bits per heavy atom. The molecule has 0 spiro atoms. The number of aryl methyl sites for hydroxylation is 3. The van der Waals surface area contributed by atoms with Crippen molar-refractivity contribution in [2.45, 2.75) is 20.8 Å². The van der Waals surface area contributed by atoms with Crippen LogP contribution in [-0.2, 0) is 0 Å². The third-order valence-corrected chi connectivity index (χ3v) is 5.14. The van der Waals surface area contributed by atoms with E-state index in [1.54, 1.807) is 28.9 Å². The lowest BCUT2D eigenvalue weighted by Gasteiger charge is -2.34. The minimum absolute atomic E-state index is 0.154. The Balaban J connectivity index is 1.47. The summed E-state index contributed by atoms with van der Waals surface area (Å²) < 4.78 is 5.18. The van der Waals surface area contributed by atoms with Gasteiger partial charge in [-0.3, -0.25) is 9.59 Å². The standard InChI is InChI=1S/C21H23N5O3/c1-14-6-7-17(15(2)13-14)26-22-16(3)19(23-26)21(28)25-10-8-24(9-11-25)20(27)18-5-4-12-29-18/h4-7,12-13H,8-11H2,1-3H3. The van der Waals surface area contributed by atoms with Crippen LogP contribution in [0.5, 0.6) is 0 Å². The summed E-state index contributed by atoms with van der Waals surface area (Å²) in [6.45, 7) is 7.62. The molecule has 1 aliphatic heterocycles. The van der Waals surface area contributed by atoms with Crippen LogP contribution in [0.2, 0.25) is 0 Å². The molecule has 0 bridgehead atoms. The van der Waals surface area contributed by atoms with Crippen molar-refractivity contribution < 1.29 is 14.0 Å². The Labute approximate surface area is 168 Å². The third-order valence-electron chi connectivity index (χ3n) is 5.14. The molecule has 2 amide bonds. The summed E-state index contributed by atoms with van der Waals surface area (Å²) in [5.41, 5.74) is 3.99. The van der Waals surface area contributed by atoms with E-state index in [9.17, 15) is 9.59 Å². The maximum Gasteiger partial charge on any atom is 0.289 e. The van der Waals surface area contributed by atoms with Crippen molar-refractivity contribution in [3.63, 3.8) is 0 Å². The summed E-state index contributed by atoms with van der Waals surface area (Å²) in [6.07, 6.45) is 1.48. The molecule has 1 fully saturated rings. The second-order valence-corrected chi connectivity index (χ2v) is 7.28. The fourth-order valence-electron chi connectivity index (χ4n) is 3.53. The Hall–Kier alpha value is -3.42. The summed E-state index contributed by atoms with van der Waals surface area (Å²) in [4.78, 5) is 30.3. The van der Waals surface area contributed by atoms with Crippen molar-refractivity contribution in [3.8, 4) is 5.69 Å². The van der Waals surface area contributed by atoms with Crippen LogP contribution in [0.15, 0.2) is 41.0 Å². The van der Waals surface area contributed by atoms with Gasteiger partial charge in [-0.15, -0.1) is 5.10 Å². The molecule has 8 nitrogen and oxygen atoms in total. The molecule has 0 aliphatic carbocycles. The zero-order valence-corrected chi connectivity index (χ0v) is 16.8. The van der Waals surface area contributed by atoms with E-state index in [4.69, 9.17) is 4.42 Å². The molecule has 3 aromatic rings. The first-order chi connectivity index (χ1) is 13.9. The fraction of sp³-hybridized carbons (Fsp3) is 0.333. The third kappa shape index (κ3) is 3.65. The van der Waals surface area contributed by atoms with E-state index in [1.165, 1.54) is 11.1 Å². The highest BCUT2D eigenvalue weighted by molar-refractivity contribution is 5.94. The zero-order valence-electron chi connectivity index (χ0n) is 16.8. The van der Waals surface area contributed by atoms with E-state index in [2.05, 4.69) is 16.3 Å². The molecule has 0 atom stereocenters. The monoisotopic (exact) mass is 393 g/mol. The molecular formula is C21H23N5O3. The van der Waals surface area contributed by atoms with Gasteiger partial charge in [0.05, 0.1) is 17.6 Å². The van der Waals surface area contributed by atoms with E-state index in [1.807, 2.05) is 26.0 Å². The summed E-state index contributed by atoms with van der Waals surface area (Å²) in [5.74, 6) is -0.000264. The van der Waals surface area contributed by atoms with Gasteiger partial charge in [-0.25, -0.2) is 0 Å². The summed E-state index contributed by atoms with van der Waals surface area (Å²) >= 11 is 0. The second kappa shape index (κ2) is 7.54. The van der Waals surface area contributed by atoms with Gasteiger partial charge in [0, 0.05) is 26.2 Å². The van der Waals surface area contributed by atoms with Crippen LogP contribution in [0, 0.1) is 20.8 Å². The number of piperazine rings is 1. The molecule has 150 valence electrons. The van der Waals surface area contributed by atoms with Gasteiger partial charge in [0.1, 0.15) is 0 Å². The molecule has 29 heavy (non-hydrogen) atoms. The predicted octanol–water partition coefficient (Wildman–Crippen LogP) is 2.38. The molecule has 0 saturated carbocycles. The van der Waals surface area contributed by atoms with Crippen molar-refractivity contribution in [1.29, 1.82) is 0 Å². The average molecular weight is 393 g/mol. The van der Waals surface area contributed by atoms with Crippen molar-refractivity contribution in [2.75, 3.05) is 26.2 Å². The maximum absolute atomic E-state index is 13.0. The van der Waals surface area contributed by atoms with E-state index in [-0.39, 0.29) is 11.8 Å². The normalized spacial score (nSPS) is 14.3. The van der Waals surface area contributed by atoms with Crippen LogP contribution in [-0.4, -0.2) is 62.8 Å². The molecule has 4 rings (SSSR count). The van der Waals surface area contributed by atoms with E-state index in [0.717, 1.165) is 16.8 Å². The zero-order chi connectivity index (χ0) is 20.5. The predicted molar refractivity (Wildman–Crippen MR) is 106 cm³/mol. The topological polar surface area (TPSA) is 84.5 Å². The van der Waals surface area contributed by atoms with Crippen LogP contribution in [0.3, 0.4) is 0 Å². The number of furan rings is 1. The first-order valence-electron chi connectivity index (χ1n) is 9.57. The largest absolute Gasteiger partial charge is 0.459 e. The maximum atomic E-state index is 13.0. The average Bonchev–Trinajstić information content (AvgIpc) is 3.37. The highest BCUT2D eigenvalue weighted by Gasteiger charge is 2.29. The van der Waals surface area contributed by atoms with Gasteiger partial charge in [0.25, 0.3) is 11.8 Å². The Bertz CT molecular complexity index is 1050. The number of aromatic nitrogens is 3. The van der Waals surface area contributed by atoms with Gasteiger partial charge in [0.15, 0.2) is 11.5 Å². The lowest BCUT2D eigenvalue weighted by Crippen LogP contribution is -2.50. The molecule has 0 radical (unpaired) electrons. The number of carbonyl (C=O) groups excluding carboxylic acids is 2. The lowest BCUT2D eigenvalue weighted by molar-refractivity contribution is 0.0514. The number of nitrogens with zero attached hydrogens (tertiary/aromatic N) is 5. The summed E-state index contributed by atoms with van der Waals surface area (Å²) in [6, 6.07) is 9.35. The molecule has 1 aliphatic rings. The second-order valence-electron chi connectivity index (χ2n) is 7.28. The van der Waals surface area contributed by atoms with Gasteiger partial charge >= 0.3 is 0 Å². The van der Waals surface area contributed by atoms with E-state index < -0.39 is 0 Å². The molecule has 0 unspecified atom stereocenters. The van der Waals surface area contributed by atoms with Crippen molar-refractivity contribution >= 4 is 11.8 Å². The highest BCUT2D eigenvalue weighted by Crippen LogP contribution is 2.17. The van der Waals surface area contributed by atoms with Crippen LogP contribution < -0.4 is 0 Å². The number of benzene rings is 1. The molecule has 1 saturated heterocycles. The number of hydrogen-bond acceptors (Lipinski definition) is 5. The smallest absolute Gasteiger partial charge is 0.289 e. The molecule has 1 aromatic carbocycles. The minimum atomic E-state index is -0.163. The number of amides is 2. The van der Waals surface area contributed by atoms with Gasteiger partial charge in [-0.2, -0.15) is 9.90 Å².